The topological polar surface area (TPSA) is 47.3 Å². The lowest BCUT2D eigenvalue weighted by Crippen LogP contribution is -2.13. The van der Waals surface area contributed by atoms with E-state index >= 15 is 0 Å². The first-order chi connectivity index (χ1) is 9.60. The third-order valence-electron chi connectivity index (χ3n) is 2.88. The molecule has 20 heavy (non-hydrogen) atoms. The van der Waals surface area contributed by atoms with E-state index in [2.05, 4.69) is 17.2 Å². The molecular weight excluding hydrogens is 276 g/mol. The summed E-state index contributed by atoms with van der Waals surface area (Å²) in [5.41, 5.74) is 2.75. The average molecular weight is 295 g/mol. The molecule has 1 aromatic carbocycles. The molecule has 0 saturated carbocycles. The molecule has 0 amide bonds. The Kier molecular flexibility index (Phi) is 5.04. The van der Waals surface area contributed by atoms with Gasteiger partial charge >= 0.3 is 6.08 Å². The van der Waals surface area contributed by atoms with E-state index in [1.54, 1.807) is 6.26 Å². The summed E-state index contributed by atoms with van der Waals surface area (Å²) in [4.78, 5) is 4.30. The highest BCUT2D eigenvalue weighted by atomic mass is 35.5. The number of nitrogens with zero attached hydrogens (tertiary/aromatic N) is 1. The van der Waals surface area contributed by atoms with Crippen molar-refractivity contribution in [3.05, 3.63) is 40.2 Å². The summed E-state index contributed by atoms with van der Waals surface area (Å²) < 4.78 is 11.1. The molecule has 0 radical (unpaired) electrons. The average Bonchev–Trinajstić information content (AvgIpc) is 2.82. The van der Waals surface area contributed by atoms with E-state index < -0.39 is 0 Å². The van der Waals surface area contributed by atoms with Gasteiger partial charge in [-0.15, -0.1) is 0 Å². The van der Waals surface area contributed by atoms with Crippen LogP contribution in [0.2, 0.25) is 5.02 Å². The Bertz CT molecular complexity index is 558. The molecule has 2 aromatic rings. The number of halogens is 1. The second-order valence-corrected chi connectivity index (χ2v) is 5.19. The Balaban J connectivity index is 2.07. The lowest BCUT2D eigenvalue weighted by molar-refractivity contribution is 0.327. The first-order valence-corrected chi connectivity index (χ1v) is 7.07. The van der Waals surface area contributed by atoms with Gasteiger partial charge < -0.3 is 14.5 Å². The van der Waals surface area contributed by atoms with Crippen LogP contribution in [0.4, 0.5) is 0 Å². The molecule has 108 valence electrons. The standard InChI is InChI=1S/C15H19ClN2O2/c1-4-5-17-8-13-9-19-15(18-13)20-14-10(2)6-12(16)7-11(14)3/h6-7,9,17H,4-5,8H2,1-3H3. The number of nitrogens with one attached hydrogen (secondary N) is 1. The van der Waals surface area contributed by atoms with Crippen LogP contribution in [0, 0.1) is 13.8 Å². The summed E-state index contributed by atoms with van der Waals surface area (Å²) in [6, 6.07) is 3.72. The SMILES string of the molecule is CCCNCc1coc(Oc2c(C)cc(Cl)cc2C)n1. The van der Waals surface area contributed by atoms with Gasteiger partial charge in [0, 0.05) is 11.6 Å². The molecule has 5 heteroatoms. The molecule has 0 aliphatic rings. The molecule has 1 heterocycles. The third kappa shape index (κ3) is 3.74. The van der Waals surface area contributed by atoms with Crippen molar-refractivity contribution in [3.8, 4) is 11.8 Å². The lowest BCUT2D eigenvalue weighted by Gasteiger charge is -2.08. The Hall–Kier alpha value is -1.52. The molecule has 0 spiro atoms. The van der Waals surface area contributed by atoms with Gasteiger partial charge in [-0.3, -0.25) is 0 Å². The summed E-state index contributed by atoms with van der Waals surface area (Å²) >= 11 is 6.00. The van der Waals surface area contributed by atoms with Crippen LogP contribution in [0.5, 0.6) is 11.8 Å². The summed E-state index contributed by atoms with van der Waals surface area (Å²) in [5, 5.41) is 3.96. The summed E-state index contributed by atoms with van der Waals surface area (Å²) in [6.45, 7) is 7.65. The van der Waals surface area contributed by atoms with Crippen molar-refractivity contribution in [2.45, 2.75) is 33.7 Å². The zero-order valence-corrected chi connectivity index (χ0v) is 12.8. The van der Waals surface area contributed by atoms with Gasteiger partial charge in [-0.1, -0.05) is 18.5 Å². The number of benzene rings is 1. The minimum atomic E-state index is 0.256. The molecule has 1 N–H and O–H groups in total. The maximum atomic E-state index is 6.00. The zero-order valence-electron chi connectivity index (χ0n) is 12.0. The molecule has 2 rings (SSSR count). The van der Waals surface area contributed by atoms with Crippen molar-refractivity contribution in [1.82, 2.24) is 10.3 Å². The summed E-state index contributed by atoms with van der Waals surface area (Å²) in [7, 11) is 0. The number of aromatic nitrogens is 1. The lowest BCUT2D eigenvalue weighted by atomic mass is 10.1. The quantitative estimate of drug-likeness (QED) is 0.810. The third-order valence-corrected chi connectivity index (χ3v) is 3.10. The minimum Gasteiger partial charge on any atom is -0.417 e. The predicted octanol–water partition coefficient (Wildman–Crippen LogP) is 4.24. The molecule has 0 fully saturated rings. The largest absolute Gasteiger partial charge is 0.417 e. The summed E-state index contributed by atoms with van der Waals surface area (Å²) in [5.74, 6) is 0.740. The van der Waals surface area contributed by atoms with Gasteiger partial charge in [-0.05, 0) is 50.1 Å². The minimum absolute atomic E-state index is 0.256. The number of hydrogen-bond donors (Lipinski definition) is 1. The maximum absolute atomic E-state index is 6.00. The van der Waals surface area contributed by atoms with E-state index in [1.807, 2.05) is 26.0 Å². The van der Waals surface area contributed by atoms with Gasteiger partial charge in [0.25, 0.3) is 0 Å². The highest BCUT2D eigenvalue weighted by Crippen LogP contribution is 2.30. The molecule has 4 nitrogen and oxygen atoms in total. The van der Waals surface area contributed by atoms with E-state index in [1.165, 1.54) is 0 Å². The highest BCUT2D eigenvalue weighted by Gasteiger charge is 2.11. The van der Waals surface area contributed by atoms with Crippen LogP contribution in [-0.2, 0) is 6.54 Å². The van der Waals surface area contributed by atoms with Crippen molar-refractivity contribution < 1.29 is 9.15 Å². The van der Waals surface area contributed by atoms with Gasteiger partial charge in [-0.25, -0.2) is 0 Å². The van der Waals surface area contributed by atoms with Crippen LogP contribution in [0.15, 0.2) is 22.8 Å². The number of oxazole rings is 1. The van der Waals surface area contributed by atoms with Crippen LogP contribution in [-0.4, -0.2) is 11.5 Å². The van der Waals surface area contributed by atoms with Crippen molar-refractivity contribution in [2.75, 3.05) is 6.54 Å². The Labute approximate surface area is 124 Å². The van der Waals surface area contributed by atoms with Crippen molar-refractivity contribution in [3.63, 3.8) is 0 Å². The van der Waals surface area contributed by atoms with Crippen LogP contribution in [0.3, 0.4) is 0 Å². The molecule has 0 aliphatic carbocycles. The highest BCUT2D eigenvalue weighted by molar-refractivity contribution is 6.30. The predicted molar refractivity (Wildman–Crippen MR) is 79.5 cm³/mol. The van der Waals surface area contributed by atoms with Gasteiger partial charge in [0.05, 0.1) is 5.69 Å². The molecule has 0 atom stereocenters. The molecule has 0 bridgehead atoms. The second kappa shape index (κ2) is 6.77. The Morgan fingerprint density at radius 2 is 2.00 bits per heavy atom. The van der Waals surface area contributed by atoms with Crippen molar-refractivity contribution >= 4 is 11.6 Å². The first-order valence-electron chi connectivity index (χ1n) is 6.70. The van der Waals surface area contributed by atoms with Gasteiger partial charge in [0.15, 0.2) is 0 Å². The van der Waals surface area contributed by atoms with Crippen molar-refractivity contribution in [2.24, 2.45) is 0 Å². The number of rotatable bonds is 6. The normalized spacial score (nSPS) is 10.8. The number of hydrogen-bond acceptors (Lipinski definition) is 4. The van der Waals surface area contributed by atoms with Crippen LogP contribution in [0.25, 0.3) is 0 Å². The molecule has 0 unspecified atom stereocenters. The Morgan fingerprint density at radius 3 is 2.65 bits per heavy atom. The molecular formula is C15H19ClN2O2. The van der Waals surface area contributed by atoms with Gasteiger partial charge in [-0.2, -0.15) is 4.98 Å². The first kappa shape index (κ1) is 14.9. The maximum Gasteiger partial charge on any atom is 0.399 e. The van der Waals surface area contributed by atoms with E-state index in [0.29, 0.717) is 11.6 Å². The van der Waals surface area contributed by atoms with Crippen LogP contribution < -0.4 is 10.1 Å². The smallest absolute Gasteiger partial charge is 0.399 e. The molecule has 1 aromatic heterocycles. The number of ether oxygens (including phenoxy) is 1. The van der Waals surface area contributed by atoms with Crippen LogP contribution >= 0.6 is 11.6 Å². The van der Waals surface area contributed by atoms with Crippen molar-refractivity contribution in [1.29, 1.82) is 0 Å². The fraction of sp³-hybridized carbons (Fsp3) is 0.400. The van der Waals surface area contributed by atoms with Gasteiger partial charge in [0.2, 0.25) is 0 Å². The Morgan fingerprint density at radius 1 is 1.30 bits per heavy atom. The second-order valence-electron chi connectivity index (χ2n) is 4.75. The van der Waals surface area contributed by atoms with E-state index in [-0.39, 0.29) is 6.08 Å². The molecule has 0 aliphatic heterocycles. The summed E-state index contributed by atoms with van der Waals surface area (Å²) in [6.07, 6.45) is 2.95. The number of aryl methyl sites for hydroxylation is 2. The van der Waals surface area contributed by atoms with E-state index in [9.17, 15) is 0 Å². The van der Waals surface area contributed by atoms with Gasteiger partial charge in [0.1, 0.15) is 12.0 Å². The fourth-order valence-corrected chi connectivity index (χ4v) is 2.28. The zero-order chi connectivity index (χ0) is 14.5. The van der Waals surface area contributed by atoms with Crippen LogP contribution in [0.1, 0.15) is 30.2 Å². The molecule has 0 saturated heterocycles. The monoisotopic (exact) mass is 294 g/mol. The van der Waals surface area contributed by atoms with E-state index in [0.717, 1.165) is 35.5 Å². The van der Waals surface area contributed by atoms with E-state index in [4.69, 9.17) is 20.8 Å². The fourth-order valence-electron chi connectivity index (χ4n) is 1.96.